The molecule has 112 valence electrons. The molecule has 1 aliphatic carbocycles. The van der Waals surface area contributed by atoms with Crippen molar-refractivity contribution in [3.63, 3.8) is 0 Å². The fourth-order valence-electron chi connectivity index (χ4n) is 3.04. The maximum atomic E-state index is 9.86. The van der Waals surface area contributed by atoms with Crippen molar-refractivity contribution in [2.24, 2.45) is 5.92 Å². The van der Waals surface area contributed by atoms with Crippen molar-refractivity contribution in [1.29, 1.82) is 0 Å². The fraction of sp³-hybridized carbons (Fsp3) is 0.500. The molecule has 21 heavy (non-hydrogen) atoms. The molecular weight excluding hydrogens is 268 g/mol. The van der Waals surface area contributed by atoms with Gasteiger partial charge in [-0.15, -0.1) is 0 Å². The molecule has 1 aromatic heterocycles. The lowest BCUT2D eigenvalue weighted by atomic mass is 9.80. The van der Waals surface area contributed by atoms with Crippen LogP contribution in [-0.2, 0) is 0 Å². The highest BCUT2D eigenvalue weighted by Gasteiger charge is 2.26. The third-order valence-electron chi connectivity index (χ3n) is 4.48. The van der Waals surface area contributed by atoms with E-state index in [1.165, 1.54) is 25.3 Å². The monoisotopic (exact) mass is 288 g/mol. The van der Waals surface area contributed by atoms with Gasteiger partial charge in [0.1, 0.15) is 0 Å². The van der Waals surface area contributed by atoms with E-state index in [1.54, 1.807) is 12.1 Å². The van der Waals surface area contributed by atoms with Crippen molar-refractivity contribution in [1.82, 2.24) is 10.1 Å². The molecule has 0 atom stereocenters. The van der Waals surface area contributed by atoms with Gasteiger partial charge >= 0.3 is 0 Å². The summed E-state index contributed by atoms with van der Waals surface area (Å²) in [6.45, 7) is 2.24. The van der Waals surface area contributed by atoms with Crippen molar-refractivity contribution in [3.05, 3.63) is 24.0 Å². The number of aromatic hydroxyl groups is 2. The standard InChI is InChI=1S/C16H20N2O3/c1-2-10-6-8-11(9-7-10)15-17-16(21-18-15)12-4-3-5-13(19)14(12)20/h3-5,10-11,19-20H,2,6-9H2,1H3. The van der Waals surface area contributed by atoms with Gasteiger partial charge < -0.3 is 14.7 Å². The lowest BCUT2D eigenvalue weighted by Crippen LogP contribution is -2.13. The number of phenols is 2. The minimum Gasteiger partial charge on any atom is -0.504 e. The quantitative estimate of drug-likeness (QED) is 0.839. The number of aromatic nitrogens is 2. The zero-order valence-electron chi connectivity index (χ0n) is 12.1. The summed E-state index contributed by atoms with van der Waals surface area (Å²) >= 11 is 0. The first-order valence-electron chi connectivity index (χ1n) is 7.54. The van der Waals surface area contributed by atoms with E-state index < -0.39 is 0 Å². The molecule has 1 heterocycles. The van der Waals surface area contributed by atoms with Gasteiger partial charge in [-0.25, -0.2) is 0 Å². The topological polar surface area (TPSA) is 79.4 Å². The van der Waals surface area contributed by atoms with Crippen molar-refractivity contribution < 1.29 is 14.7 Å². The molecule has 0 radical (unpaired) electrons. The summed E-state index contributed by atoms with van der Waals surface area (Å²) in [5.74, 6) is 1.73. The van der Waals surface area contributed by atoms with Gasteiger partial charge in [0.2, 0.25) is 0 Å². The van der Waals surface area contributed by atoms with Crippen molar-refractivity contribution in [2.45, 2.75) is 44.9 Å². The third kappa shape index (κ3) is 2.73. The molecule has 2 N–H and O–H groups in total. The van der Waals surface area contributed by atoms with E-state index in [1.807, 2.05) is 0 Å². The first-order valence-corrected chi connectivity index (χ1v) is 7.54. The third-order valence-corrected chi connectivity index (χ3v) is 4.48. The molecular formula is C16H20N2O3. The number of benzene rings is 1. The van der Waals surface area contributed by atoms with E-state index in [2.05, 4.69) is 17.1 Å². The van der Waals surface area contributed by atoms with Gasteiger partial charge in [0, 0.05) is 5.92 Å². The van der Waals surface area contributed by atoms with Crippen LogP contribution in [0.15, 0.2) is 22.7 Å². The van der Waals surface area contributed by atoms with E-state index >= 15 is 0 Å². The summed E-state index contributed by atoms with van der Waals surface area (Å²) in [6.07, 6.45) is 5.83. The van der Waals surface area contributed by atoms with Gasteiger partial charge in [-0.05, 0) is 43.7 Å². The van der Waals surface area contributed by atoms with Crippen LogP contribution < -0.4 is 0 Å². The summed E-state index contributed by atoms with van der Waals surface area (Å²) in [7, 11) is 0. The molecule has 0 aliphatic heterocycles. The number of nitrogens with zero attached hydrogens (tertiary/aromatic N) is 2. The Hall–Kier alpha value is -2.04. The van der Waals surface area contributed by atoms with Gasteiger partial charge in [0.15, 0.2) is 17.3 Å². The molecule has 2 aromatic rings. The Bertz CT molecular complexity index is 616. The first kappa shape index (κ1) is 13.9. The summed E-state index contributed by atoms with van der Waals surface area (Å²) in [4.78, 5) is 4.41. The molecule has 3 rings (SSSR count). The van der Waals surface area contributed by atoms with Gasteiger partial charge in [-0.2, -0.15) is 4.98 Å². The first-order chi connectivity index (χ1) is 10.2. The van der Waals surface area contributed by atoms with Crippen molar-refractivity contribution in [3.8, 4) is 23.0 Å². The largest absolute Gasteiger partial charge is 0.504 e. The number of phenolic OH excluding ortho intramolecular Hbond substituents is 2. The average molecular weight is 288 g/mol. The minimum atomic E-state index is -0.220. The molecule has 0 spiro atoms. The van der Waals surface area contributed by atoms with Crippen LogP contribution in [0.5, 0.6) is 11.5 Å². The highest BCUT2D eigenvalue weighted by Crippen LogP contribution is 2.38. The lowest BCUT2D eigenvalue weighted by Gasteiger charge is -2.25. The molecule has 0 saturated heterocycles. The van der Waals surface area contributed by atoms with Gasteiger partial charge in [0.25, 0.3) is 5.89 Å². The number of rotatable bonds is 3. The van der Waals surface area contributed by atoms with E-state index in [-0.39, 0.29) is 17.4 Å². The molecule has 1 aromatic carbocycles. The van der Waals surface area contributed by atoms with E-state index in [0.29, 0.717) is 17.3 Å². The Kier molecular flexibility index (Phi) is 3.82. The normalized spacial score (nSPS) is 22.3. The Morgan fingerprint density at radius 2 is 1.95 bits per heavy atom. The van der Waals surface area contributed by atoms with Crippen LogP contribution in [0.25, 0.3) is 11.5 Å². The molecule has 0 amide bonds. The molecule has 0 bridgehead atoms. The smallest absolute Gasteiger partial charge is 0.261 e. The molecule has 1 saturated carbocycles. The predicted octanol–water partition coefficient (Wildman–Crippen LogP) is 3.83. The van der Waals surface area contributed by atoms with Gasteiger partial charge in [-0.3, -0.25) is 0 Å². The van der Waals surface area contributed by atoms with E-state index in [9.17, 15) is 10.2 Å². The second-order valence-electron chi connectivity index (χ2n) is 5.76. The van der Waals surface area contributed by atoms with Crippen LogP contribution in [0.4, 0.5) is 0 Å². The zero-order valence-corrected chi connectivity index (χ0v) is 12.1. The summed E-state index contributed by atoms with van der Waals surface area (Å²) < 4.78 is 5.26. The maximum absolute atomic E-state index is 9.86. The fourth-order valence-corrected chi connectivity index (χ4v) is 3.04. The molecule has 0 unspecified atom stereocenters. The van der Waals surface area contributed by atoms with Crippen LogP contribution in [0, 0.1) is 5.92 Å². The number of para-hydroxylation sites is 1. The van der Waals surface area contributed by atoms with Crippen molar-refractivity contribution >= 4 is 0 Å². The highest BCUT2D eigenvalue weighted by molar-refractivity contribution is 5.66. The summed E-state index contributed by atoms with van der Waals surface area (Å²) in [5.41, 5.74) is 0.371. The second kappa shape index (κ2) is 5.76. The lowest BCUT2D eigenvalue weighted by molar-refractivity contribution is 0.305. The second-order valence-corrected chi connectivity index (χ2v) is 5.76. The summed E-state index contributed by atoms with van der Waals surface area (Å²) in [5, 5.41) is 23.5. The average Bonchev–Trinajstić information content (AvgIpc) is 3.00. The molecule has 1 aliphatic rings. The summed E-state index contributed by atoms with van der Waals surface area (Å²) in [6, 6.07) is 4.71. The molecule has 5 heteroatoms. The Balaban J connectivity index is 1.79. The zero-order chi connectivity index (χ0) is 14.8. The predicted molar refractivity (Wildman–Crippen MR) is 78.1 cm³/mol. The maximum Gasteiger partial charge on any atom is 0.261 e. The Labute approximate surface area is 123 Å². The van der Waals surface area contributed by atoms with E-state index in [0.717, 1.165) is 18.8 Å². The van der Waals surface area contributed by atoms with Crippen LogP contribution in [-0.4, -0.2) is 20.4 Å². The van der Waals surface area contributed by atoms with Crippen molar-refractivity contribution in [2.75, 3.05) is 0 Å². The van der Waals surface area contributed by atoms with Gasteiger partial charge in [-0.1, -0.05) is 24.6 Å². The SMILES string of the molecule is CCC1CCC(c2noc(-c3cccc(O)c3O)n2)CC1. The van der Waals surface area contributed by atoms with Crippen LogP contribution in [0.3, 0.4) is 0 Å². The van der Waals surface area contributed by atoms with Crippen LogP contribution in [0.2, 0.25) is 0 Å². The van der Waals surface area contributed by atoms with Gasteiger partial charge in [0.05, 0.1) is 5.56 Å². The number of hydrogen-bond acceptors (Lipinski definition) is 5. The van der Waals surface area contributed by atoms with Crippen LogP contribution in [0.1, 0.15) is 50.8 Å². The van der Waals surface area contributed by atoms with Crippen LogP contribution >= 0.6 is 0 Å². The molecule has 5 nitrogen and oxygen atoms in total. The Morgan fingerprint density at radius 3 is 2.67 bits per heavy atom. The number of hydrogen-bond donors (Lipinski definition) is 2. The van der Waals surface area contributed by atoms with E-state index in [4.69, 9.17) is 4.52 Å². The molecule has 1 fully saturated rings. The minimum absolute atomic E-state index is 0.185. The Morgan fingerprint density at radius 1 is 1.19 bits per heavy atom. The highest BCUT2D eigenvalue weighted by atomic mass is 16.5.